The monoisotopic (exact) mass is 469 g/mol. The lowest BCUT2D eigenvalue weighted by molar-refractivity contribution is -0.123. The van der Waals surface area contributed by atoms with E-state index in [4.69, 9.17) is 32.7 Å². The predicted octanol–water partition coefficient (Wildman–Crippen LogP) is 6.17. The van der Waals surface area contributed by atoms with Crippen LogP contribution < -0.4 is 9.47 Å². The molecule has 30 heavy (non-hydrogen) atoms. The number of thioether (sulfide) groups is 1. The van der Waals surface area contributed by atoms with E-state index in [2.05, 4.69) is 0 Å². The van der Waals surface area contributed by atoms with E-state index >= 15 is 0 Å². The maximum Gasteiger partial charge on any atom is 0.293 e. The number of hydrogen-bond donors (Lipinski definition) is 0. The molecule has 158 valence electrons. The van der Waals surface area contributed by atoms with Gasteiger partial charge in [-0.3, -0.25) is 14.5 Å². The van der Waals surface area contributed by atoms with E-state index in [0.29, 0.717) is 35.3 Å². The van der Waals surface area contributed by atoms with Crippen molar-refractivity contribution in [3.8, 4) is 11.5 Å². The van der Waals surface area contributed by atoms with E-state index < -0.39 is 17.0 Å². The Balaban J connectivity index is 1.90. The van der Waals surface area contributed by atoms with Crippen LogP contribution in [-0.4, -0.2) is 29.3 Å². The summed E-state index contributed by atoms with van der Waals surface area (Å²) in [4.78, 5) is 26.3. The van der Waals surface area contributed by atoms with Crippen molar-refractivity contribution in [2.75, 3.05) is 13.2 Å². The van der Waals surface area contributed by atoms with Crippen LogP contribution >= 0.6 is 35.0 Å². The molecule has 1 fully saturated rings. The van der Waals surface area contributed by atoms with Crippen molar-refractivity contribution >= 4 is 52.2 Å². The summed E-state index contributed by atoms with van der Waals surface area (Å²) in [7, 11) is 0. The zero-order chi connectivity index (χ0) is 21.8. The van der Waals surface area contributed by atoms with E-state index in [9.17, 15) is 14.0 Å². The summed E-state index contributed by atoms with van der Waals surface area (Å²) in [6.45, 7) is 4.23. The average molecular weight is 470 g/mol. The number of benzene rings is 2. The highest BCUT2D eigenvalue weighted by Crippen LogP contribution is 2.39. The predicted molar refractivity (Wildman–Crippen MR) is 117 cm³/mol. The van der Waals surface area contributed by atoms with Crippen LogP contribution in [0, 0.1) is 5.82 Å². The first-order valence-electron chi connectivity index (χ1n) is 9.13. The Labute approximate surface area is 187 Å². The highest BCUT2D eigenvalue weighted by atomic mass is 35.5. The van der Waals surface area contributed by atoms with Crippen LogP contribution in [0.5, 0.6) is 11.5 Å². The Morgan fingerprint density at radius 3 is 2.50 bits per heavy atom. The molecule has 0 atom stereocenters. The summed E-state index contributed by atoms with van der Waals surface area (Å²) in [5.41, 5.74) is 0.659. The molecule has 0 N–H and O–H groups in total. The second-order valence-electron chi connectivity index (χ2n) is 6.16. The van der Waals surface area contributed by atoms with Gasteiger partial charge in [-0.25, -0.2) is 4.39 Å². The van der Waals surface area contributed by atoms with Crippen LogP contribution in [0.25, 0.3) is 6.08 Å². The van der Waals surface area contributed by atoms with Crippen molar-refractivity contribution in [3.63, 3.8) is 0 Å². The standard InChI is InChI=1S/C21H18Cl2FNO4S/c1-3-28-17-9-12(8-15(23)19(17)29-4-2)10-18-20(26)25(21(27)30-18)11-13-14(22)6-5-7-16(13)24/h5-10H,3-4,11H2,1-2H3/b18-10-. The van der Waals surface area contributed by atoms with Crippen LogP contribution in [0.15, 0.2) is 35.2 Å². The number of halogens is 3. The molecule has 3 rings (SSSR count). The lowest BCUT2D eigenvalue weighted by Gasteiger charge is -2.14. The molecule has 2 aromatic rings. The van der Waals surface area contributed by atoms with Crippen molar-refractivity contribution < 1.29 is 23.5 Å². The van der Waals surface area contributed by atoms with Gasteiger partial charge >= 0.3 is 0 Å². The normalized spacial score (nSPS) is 15.2. The topological polar surface area (TPSA) is 55.8 Å². The van der Waals surface area contributed by atoms with Crippen LogP contribution in [0.3, 0.4) is 0 Å². The van der Waals surface area contributed by atoms with E-state index in [1.165, 1.54) is 24.3 Å². The minimum absolute atomic E-state index is 0.0884. The highest BCUT2D eigenvalue weighted by molar-refractivity contribution is 8.18. The lowest BCUT2D eigenvalue weighted by atomic mass is 10.1. The third-order valence-electron chi connectivity index (χ3n) is 4.17. The Kier molecular flexibility index (Phi) is 7.28. The SMILES string of the molecule is CCOc1cc(/C=C2\SC(=O)N(Cc3c(F)cccc3Cl)C2=O)cc(Cl)c1OCC. The lowest BCUT2D eigenvalue weighted by Crippen LogP contribution is -2.28. The summed E-state index contributed by atoms with van der Waals surface area (Å²) in [6, 6.07) is 7.50. The number of imide groups is 1. The molecular formula is C21H18Cl2FNO4S. The Morgan fingerprint density at radius 1 is 1.10 bits per heavy atom. The van der Waals surface area contributed by atoms with Crippen molar-refractivity contribution in [1.29, 1.82) is 0 Å². The second-order valence-corrected chi connectivity index (χ2v) is 7.97. The molecule has 5 nitrogen and oxygen atoms in total. The van der Waals surface area contributed by atoms with Crippen molar-refractivity contribution in [3.05, 3.63) is 62.2 Å². The van der Waals surface area contributed by atoms with Gasteiger partial charge in [-0.05, 0) is 61.5 Å². The number of amides is 2. The van der Waals surface area contributed by atoms with Gasteiger partial charge in [0, 0.05) is 10.6 Å². The smallest absolute Gasteiger partial charge is 0.293 e. The Morgan fingerprint density at radius 2 is 1.83 bits per heavy atom. The molecule has 1 heterocycles. The summed E-state index contributed by atoms with van der Waals surface area (Å²) >= 11 is 13.1. The molecule has 0 aromatic heterocycles. The molecule has 0 saturated carbocycles. The largest absolute Gasteiger partial charge is 0.490 e. The van der Waals surface area contributed by atoms with Crippen molar-refractivity contribution in [2.24, 2.45) is 0 Å². The number of carbonyl (C=O) groups excluding carboxylic acids is 2. The molecule has 1 aliphatic heterocycles. The van der Waals surface area contributed by atoms with E-state index in [1.807, 2.05) is 13.8 Å². The molecule has 2 aromatic carbocycles. The summed E-state index contributed by atoms with van der Waals surface area (Å²) in [5.74, 6) is -0.256. The Hall–Kier alpha value is -2.22. The fourth-order valence-electron chi connectivity index (χ4n) is 2.85. The number of ether oxygens (including phenoxy) is 2. The molecular weight excluding hydrogens is 452 g/mol. The van der Waals surface area contributed by atoms with Crippen molar-refractivity contribution in [2.45, 2.75) is 20.4 Å². The number of hydrogen-bond acceptors (Lipinski definition) is 5. The van der Waals surface area contributed by atoms with Gasteiger partial charge in [0.1, 0.15) is 5.82 Å². The summed E-state index contributed by atoms with van der Waals surface area (Å²) in [5, 5.41) is -0.0308. The molecule has 2 amide bonds. The van der Waals surface area contributed by atoms with E-state index in [0.717, 1.165) is 16.7 Å². The van der Waals surface area contributed by atoms with Gasteiger partial charge in [0.05, 0.1) is 29.7 Å². The van der Waals surface area contributed by atoms with Gasteiger partial charge in [0.25, 0.3) is 11.1 Å². The molecule has 0 unspecified atom stereocenters. The zero-order valence-corrected chi connectivity index (χ0v) is 18.5. The second kappa shape index (κ2) is 9.73. The molecule has 0 spiro atoms. The molecule has 9 heteroatoms. The van der Waals surface area contributed by atoms with Gasteiger partial charge in [-0.2, -0.15) is 0 Å². The minimum atomic E-state index is -0.579. The maximum atomic E-state index is 14.1. The third-order valence-corrected chi connectivity index (χ3v) is 5.71. The van der Waals surface area contributed by atoms with Gasteiger partial charge < -0.3 is 9.47 Å². The third kappa shape index (κ3) is 4.74. The molecule has 1 aliphatic rings. The van der Waals surface area contributed by atoms with E-state index in [-0.39, 0.29) is 22.0 Å². The quantitative estimate of drug-likeness (QED) is 0.454. The van der Waals surface area contributed by atoms with Gasteiger partial charge in [-0.1, -0.05) is 29.3 Å². The van der Waals surface area contributed by atoms with E-state index in [1.54, 1.807) is 12.1 Å². The minimum Gasteiger partial charge on any atom is -0.490 e. The van der Waals surface area contributed by atoms with Crippen LogP contribution in [0.1, 0.15) is 25.0 Å². The number of rotatable bonds is 7. The highest BCUT2D eigenvalue weighted by Gasteiger charge is 2.36. The molecule has 0 bridgehead atoms. The molecule has 1 saturated heterocycles. The first kappa shape index (κ1) is 22.5. The van der Waals surface area contributed by atoms with Gasteiger partial charge in [0.15, 0.2) is 11.5 Å². The molecule has 0 radical (unpaired) electrons. The van der Waals surface area contributed by atoms with Crippen LogP contribution in [-0.2, 0) is 11.3 Å². The average Bonchev–Trinajstić information content (AvgIpc) is 2.94. The summed E-state index contributed by atoms with van der Waals surface area (Å²) < 4.78 is 25.2. The van der Waals surface area contributed by atoms with Gasteiger partial charge in [0.2, 0.25) is 0 Å². The van der Waals surface area contributed by atoms with Gasteiger partial charge in [-0.15, -0.1) is 0 Å². The fourth-order valence-corrected chi connectivity index (χ4v) is 4.18. The Bertz CT molecular complexity index is 1010. The molecule has 0 aliphatic carbocycles. The first-order valence-corrected chi connectivity index (χ1v) is 10.7. The maximum absolute atomic E-state index is 14.1. The van der Waals surface area contributed by atoms with Crippen LogP contribution in [0.4, 0.5) is 9.18 Å². The summed E-state index contributed by atoms with van der Waals surface area (Å²) in [6.07, 6.45) is 1.54. The zero-order valence-electron chi connectivity index (χ0n) is 16.2. The van der Waals surface area contributed by atoms with Crippen LogP contribution in [0.2, 0.25) is 10.0 Å². The number of nitrogens with zero attached hydrogens (tertiary/aromatic N) is 1. The fraction of sp³-hybridized carbons (Fsp3) is 0.238. The number of carbonyl (C=O) groups is 2. The van der Waals surface area contributed by atoms with Crippen molar-refractivity contribution in [1.82, 2.24) is 4.90 Å². The first-order chi connectivity index (χ1) is 14.3.